The van der Waals surface area contributed by atoms with E-state index in [1.807, 2.05) is 41.5 Å². The Morgan fingerprint density at radius 2 is 1.27 bits per heavy atom. The van der Waals surface area contributed by atoms with Gasteiger partial charge in [0.05, 0.1) is 21.9 Å². The normalized spacial score (nSPS) is 9.95. The summed E-state index contributed by atoms with van der Waals surface area (Å²) in [5.41, 5.74) is 5.81. The molecule has 0 amide bonds. The zero-order valence-corrected chi connectivity index (χ0v) is 25.4. The SMILES string of the molecule is CI.Cc1ccccc1-c1coc2ccccc12.O=[N+]([O-])c1ccccc1Br.OB(O)c1coc2ccccc12. The lowest BCUT2D eigenvalue weighted by Gasteiger charge is -2.02. The van der Waals surface area contributed by atoms with Crippen LogP contribution in [-0.2, 0) is 0 Å². The second-order valence-electron chi connectivity index (χ2n) is 8.23. The number of nitrogens with zero attached hydrogens (tertiary/aromatic N) is 1. The number of hydrogen-bond acceptors (Lipinski definition) is 6. The number of nitro benzene ring substituents is 1. The van der Waals surface area contributed by atoms with Gasteiger partial charge in [-0.15, -0.1) is 0 Å². The van der Waals surface area contributed by atoms with Crippen LogP contribution in [0, 0.1) is 17.0 Å². The largest absolute Gasteiger partial charge is 0.492 e. The van der Waals surface area contributed by atoms with Crippen molar-refractivity contribution in [3.8, 4) is 11.1 Å². The third-order valence-electron chi connectivity index (χ3n) is 5.75. The third-order valence-corrected chi connectivity index (χ3v) is 6.43. The molecule has 6 aromatic rings. The van der Waals surface area contributed by atoms with Crippen LogP contribution in [0.3, 0.4) is 0 Å². The number of halogens is 2. The van der Waals surface area contributed by atoms with Gasteiger partial charge in [-0.2, -0.15) is 0 Å². The van der Waals surface area contributed by atoms with Crippen molar-refractivity contribution in [3.05, 3.63) is 130 Å². The zero-order chi connectivity index (χ0) is 29.1. The summed E-state index contributed by atoms with van der Waals surface area (Å²) >= 11 is 5.21. The Hall–Kier alpha value is -3.45. The minimum atomic E-state index is -1.46. The van der Waals surface area contributed by atoms with Gasteiger partial charge in [0.2, 0.25) is 0 Å². The smallest absolute Gasteiger partial charge is 0.465 e. The first-order chi connectivity index (χ1) is 19.4. The topological polar surface area (TPSA) is 110 Å². The zero-order valence-electron chi connectivity index (χ0n) is 21.7. The standard InChI is InChI=1S/C15H12O.C8H7BO3.C6H4BrNO2.CH3I/c1-11-6-2-3-7-12(11)14-10-16-15-9-5-4-8-13(14)15;10-9(11)7-5-12-8-4-2-1-3-6(7)8;7-5-3-1-2-4-6(5)8(9)10;1-2/h2-10H,1H3;1-5,10-11H;1-4H;1H3. The van der Waals surface area contributed by atoms with E-state index in [4.69, 9.17) is 18.9 Å². The van der Waals surface area contributed by atoms with Gasteiger partial charge >= 0.3 is 7.12 Å². The predicted molar refractivity (Wildman–Crippen MR) is 173 cm³/mol. The first kappa shape index (κ1) is 31.1. The molecule has 0 aliphatic carbocycles. The van der Waals surface area contributed by atoms with Crippen molar-refractivity contribution in [2.75, 3.05) is 4.93 Å². The van der Waals surface area contributed by atoms with Crippen LogP contribution in [-0.4, -0.2) is 27.0 Å². The van der Waals surface area contributed by atoms with Gasteiger partial charge in [0.15, 0.2) is 0 Å². The molecule has 2 N–H and O–H groups in total. The molecule has 40 heavy (non-hydrogen) atoms. The summed E-state index contributed by atoms with van der Waals surface area (Å²) in [5.74, 6) is 0. The lowest BCUT2D eigenvalue weighted by Crippen LogP contribution is -2.28. The molecule has 0 radical (unpaired) electrons. The Bertz CT molecular complexity index is 1680. The molecular formula is C30H26BBrINO6. The molecule has 10 heteroatoms. The van der Waals surface area contributed by atoms with Crippen molar-refractivity contribution in [1.29, 1.82) is 0 Å². The number of alkyl halides is 1. The van der Waals surface area contributed by atoms with E-state index in [9.17, 15) is 10.1 Å². The fourth-order valence-electron chi connectivity index (χ4n) is 3.86. The summed E-state index contributed by atoms with van der Waals surface area (Å²) in [4.78, 5) is 11.7. The Balaban J connectivity index is 0.000000165. The van der Waals surface area contributed by atoms with Crippen LogP contribution in [0.2, 0.25) is 0 Å². The van der Waals surface area contributed by atoms with Gasteiger partial charge in [0, 0.05) is 27.9 Å². The van der Waals surface area contributed by atoms with Gasteiger partial charge in [-0.1, -0.05) is 95.4 Å². The summed E-state index contributed by atoms with van der Waals surface area (Å²) in [6.07, 6.45) is 3.20. The van der Waals surface area contributed by atoms with Gasteiger partial charge in [0.25, 0.3) is 5.69 Å². The molecule has 0 bridgehead atoms. The molecule has 0 saturated carbocycles. The van der Waals surface area contributed by atoms with E-state index < -0.39 is 12.0 Å². The quantitative estimate of drug-likeness (QED) is 0.0634. The van der Waals surface area contributed by atoms with Crippen LogP contribution >= 0.6 is 38.5 Å². The number of aryl methyl sites for hydroxylation is 1. The number of nitro groups is 1. The first-order valence-corrected chi connectivity index (χ1v) is 14.9. The van der Waals surface area contributed by atoms with E-state index in [1.54, 1.807) is 30.3 Å². The average Bonchev–Trinajstić information content (AvgIpc) is 3.60. The maximum Gasteiger partial charge on any atom is 0.492 e. The number of para-hydroxylation sites is 3. The van der Waals surface area contributed by atoms with Gasteiger partial charge in [-0.3, -0.25) is 10.1 Å². The number of rotatable bonds is 3. The summed E-state index contributed by atoms with van der Waals surface area (Å²) in [6.45, 7) is 2.12. The first-order valence-electron chi connectivity index (χ1n) is 12.0. The molecule has 4 aromatic carbocycles. The average molecular weight is 714 g/mol. The van der Waals surface area contributed by atoms with E-state index in [-0.39, 0.29) is 5.69 Å². The van der Waals surface area contributed by atoms with E-state index in [2.05, 4.69) is 75.8 Å². The molecule has 0 atom stereocenters. The molecule has 2 aromatic heterocycles. The molecule has 6 rings (SSSR count). The summed E-state index contributed by atoms with van der Waals surface area (Å²) < 4.78 is 11.2. The minimum absolute atomic E-state index is 0.0995. The summed E-state index contributed by atoms with van der Waals surface area (Å²) in [5, 5.41) is 29.9. The van der Waals surface area contributed by atoms with Crippen molar-refractivity contribution in [2.24, 2.45) is 0 Å². The third kappa shape index (κ3) is 7.82. The van der Waals surface area contributed by atoms with Crippen molar-refractivity contribution < 1.29 is 23.8 Å². The second-order valence-corrected chi connectivity index (χ2v) is 9.08. The highest BCUT2D eigenvalue weighted by Gasteiger charge is 2.16. The van der Waals surface area contributed by atoms with Gasteiger partial charge in [-0.25, -0.2) is 0 Å². The summed E-state index contributed by atoms with van der Waals surface area (Å²) in [6, 6.07) is 30.2. The highest BCUT2D eigenvalue weighted by atomic mass is 127. The van der Waals surface area contributed by atoms with Crippen LogP contribution < -0.4 is 5.46 Å². The van der Waals surface area contributed by atoms with Gasteiger partial charge < -0.3 is 18.9 Å². The second kappa shape index (κ2) is 15.4. The fraction of sp³-hybridized carbons (Fsp3) is 0.0667. The molecule has 2 heterocycles. The van der Waals surface area contributed by atoms with Gasteiger partial charge in [0.1, 0.15) is 11.2 Å². The number of benzene rings is 4. The van der Waals surface area contributed by atoms with E-state index in [0.717, 1.165) is 11.0 Å². The molecular weight excluding hydrogens is 688 g/mol. The van der Waals surface area contributed by atoms with Crippen molar-refractivity contribution >= 4 is 78.7 Å². The number of furan rings is 2. The molecule has 7 nitrogen and oxygen atoms in total. The minimum Gasteiger partial charge on any atom is -0.465 e. The maximum absolute atomic E-state index is 10.2. The van der Waals surface area contributed by atoms with Crippen LogP contribution in [0.1, 0.15) is 5.56 Å². The Morgan fingerprint density at radius 1 is 0.750 bits per heavy atom. The van der Waals surface area contributed by atoms with E-state index in [0.29, 0.717) is 15.5 Å². The predicted octanol–water partition coefficient (Wildman–Crippen LogP) is 7.93. The fourth-order valence-corrected chi connectivity index (χ4v) is 4.29. The Labute approximate surface area is 254 Å². The van der Waals surface area contributed by atoms with Crippen molar-refractivity contribution in [1.82, 2.24) is 0 Å². The van der Waals surface area contributed by atoms with Crippen LogP contribution in [0.5, 0.6) is 0 Å². The number of fused-ring (bicyclic) bond motifs is 2. The van der Waals surface area contributed by atoms with E-state index in [1.165, 1.54) is 34.4 Å². The monoisotopic (exact) mass is 713 g/mol. The molecule has 0 unspecified atom stereocenters. The lowest BCUT2D eigenvalue weighted by molar-refractivity contribution is -0.385. The highest BCUT2D eigenvalue weighted by molar-refractivity contribution is 14.1. The highest BCUT2D eigenvalue weighted by Crippen LogP contribution is 2.32. The summed E-state index contributed by atoms with van der Waals surface area (Å²) in [7, 11) is -1.46. The van der Waals surface area contributed by atoms with Crippen molar-refractivity contribution in [3.63, 3.8) is 0 Å². The van der Waals surface area contributed by atoms with Crippen LogP contribution in [0.25, 0.3) is 33.1 Å². The molecule has 0 saturated heterocycles. The molecule has 0 fully saturated rings. The van der Waals surface area contributed by atoms with Crippen molar-refractivity contribution in [2.45, 2.75) is 6.92 Å². The molecule has 0 spiro atoms. The Morgan fingerprint density at radius 3 is 1.88 bits per heavy atom. The lowest BCUT2D eigenvalue weighted by atomic mass is 9.80. The van der Waals surface area contributed by atoms with Gasteiger partial charge in [-0.05, 0) is 57.1 Å². The number of hydrogen-bond donors (Lipinski definition) is 2. The molecule has 0 aliphatic rings. The molecule has 204 valence electrons. The van der Waals surface area contributed by atoms with E-state index >= 15 is 0 Å². The molecule has 0 aliphatic heterocycles. The van der Waals surface area contributed by atoms with Crippen LogP contribution in [0.15, 0.2) is 123 Å². The Kier molecular flexibility index (Phi) is 11.9. The maximum atomic E-state index is 10.2. The van der Waals surface area contributed by atoms with Crippen LogP contribution in [0.4, 0.5) is 5.69 Å².